The SMILES string of the molecule is Cc1c(N(C(=O)[O-])C(C)(C)C)ccc2nc(NC3CC4CCC(C3)N4C)oc(=O)c12. The van der Waals surface area contributed by atoms with Gasteiger partial charge in [0.15, 0.2) is 0 Å². The summed E-state index contributed by atoms with van der Waals surface area (Å²) in [5, 5.41) is 15.4. The Morgan fingerprint density at radius 3 is 2.47 bits per heavy atom. The van der Waals surface area contributed by atoms with Crippen LogP contribution in [0, 0.1) is 6.92 Å². The third-order valence-corrected chi connectivity index (χ3v) is 6.55. The molecule has 162 valence electrons. The van der Waals surface area contributed by atoms with Gasteiger partial charge >= 0.3 is 5.63 Å². The van der Waals surface area contributed by atoms with E-state index in [1.165, 1.54) is 12.8 Å². The van der Waals surface area contributed by atoms with Gasteiger partial charge in [0, 0.05) is 29.4 Å². The van der Waals surface area contributed by atoms with Crippen molar-refractivity contribution in [1.82, 2.24) is 9.88 Å². The molecule has 0 aliphatic carbocycles. The summed E-state index contributed by atoms with van der Waals surface area (Å²) in [5.41, 5.74) is 0.149. The molecule has 0 radical (unpaired) electrons. The van der Waals surface area contributed by atoms with Gasteiger partial charge in [0.2, 0.25) is 0 Å². The molecule has 0 saturated carbocycles. The number of carbonyl (C=O) groups excluding carboxylic acids is 1. The number of piperidine rings is 1. The maximum Gasteiger partial charge on any atom is 0.348 e. The Morgan fingerprint density at radius 1 is 1.27 bits per heavy atom. The molecule has 1 amide bonds. The number of anilines is 2. The second kappa shape index (κ2) is 7.27. The lowest BCUT2D eigenvalue weighted by atomic mass is 9.98. The fourth-order valence-corrected chi connectivity index (χ4v) is 5.05. The van der Waals surface area contributed by atoms with Gasteiger partial charge in [0.25, 0.3) is 6.01 Å². The average molecular weight is 413 g/mol. The number of hydrogen-bond acceptors (Lipinski definition) is 7. The van der Waals surface area contributed by atoms with Crippen LogP contribution in [0.5, 0.6) is 0 Å². The number of carbonyl (C=O) groups is 1. The monoisotopic (exact) mass is 413 g/mol. The van der Waals surface area contributed by atoms with Gasteiger partial charge in [-0.05, 0) is 78.1 Å². The zero-order valence-corrected chi connectivity index (χ0v) is 18.2. The van der Waals surface area contributed by atoms with Crippen LogP contribution in [0.25, 0.3) is 10.9 Å². The Labute approximate surface area is 175 Å². The maximum absolute atomic E-state index is 12.8. The van der Waals surface area contributed by atoms with Crippen molar-refractivity contribution in [1.29, 1.82) is 0 Å². The van der Waals surface area contributed by atoms with Crippen molar-refractivity contribution in [3.63, 3.8) is 0 Å². The number of carboxylic acid groups (broad SMARTS) is 1. The molecule has 2 fully saturated rings. The lowest BCUT2D eigenvalue weighted by molar-refractivity contribution is -0.247. The number of aromatic nitrogens is 1. The highest BCUT2D eigenvalue weighted by molar-refractivity contribution is 5.94. The molecule has 2 aromatic rings. The lowest BCUT2D eigenvalue weighted by Gasteiger charge is -2.38. The first-order valence-corrected chi connectivity index (χ1v) is 10.5. The number of amides is 1. The smallest absolute Gasteiger partial charge is 0.348 e. The molecule has 2 bridgehead atoms. The van der Waals surface area contributed by atoms with Gasteiger partial charge in [-0.3, -0.25) is 0 Å². The summed E-state index contributed by atoms with van der Waals surface area (Å²) in [4.78, 5) is 32.7. The van der Waals surface area contributed by atoms with Gasteiger partial charge in [-0.2, -0.15) is 4.98 Å². The highest BCUT2D eigenvalue weighted by Gasteiger charge is 2.38. The van der Waals surface area contributed by atoms with Crippen molar-refractivity contribution >= 4 is 28.7 Å². The lowest BCUT2D eigenvalue weighted by Crippen LogP contribution is -2.52. The molecule has 2 aliphatic rings. The number of aryl methyl sites for hydroxylation is 1. The molecule has 2 aliphatic heterocycles. The normalized spacial score (nSPS) is 24.2. The Balaban J connectivity index is 1.67. The zero-order valence-electron chi connectivity index (χ0n) is 18.2. The summed E-state index contributed by atoms with van der Waals surface area (Å²) in [6.45, 7) is 7.03. The third kappa shape index (κ3) is 3.53. The van der Waals surface area contributed by atoms with Crippen LogP contribution in [0.15, 0.2) is 21.3 Å². The summed E-state index contributed by atoms with van der Waals surface area (Å²) in [7, 11) is 2.18. The third-order valence-electron chi connectivity index (χ3n) is 6.55. The van der Waals surface area contributed by atoms with Gasteiger partial charge in [0.05, 0.1) is 10.9 Å². The van der Waals surface area contributed by atoms with E-state index in [0.717, 1.165) is 17.7 Å². The molecule has 3 heterocycles. The van der Waals surface area contributed by atoms with Gasteiger partial charge in [0.1, 0.15) is 6.09 Å². The molecule has 0 spiro atoms. The molecule has 1 aromatic carbocycles. The first kappa shape index (κ1) is 20.7. The van der Waals surface area contributed by atoms with Crippen LogP contribution in [0.4, 0.5) is 16.5 Å². The summed E-state index contributed by atoms with van der Waals surface area (Å²) in [6, 6.07) is 4.91. The van der Waals surface area contributed by atoms with Gasteiger partial charge < -0.3 is 29.4 Å². The topological polar surface area (TPSA) is 102 Å². The molecule has 1 N–H and O–H groups in total. The van der Waals surface area contributed by atoms with E-state index >= 15 is 0 Å². The Morgan fingerprint density at radius 2 is 1.90 bits per heavy atom. The summed E-state index contributed by atoms with van der Waals surface area (Å²) >= 11 is 0. The first-order chi connectivity index (χ1) is 14.1. The number of nitrogens with zero attached hydrogens (tertiary/aromatic N) is 3. The van der Waals surface area contributed by atoms with Crippen LogP contribution in [0.1, 0.15) is 52.0 Å². The van der Waals surface area contributed by atoms with E-state index in [0.29, 0.717) is 28.9 Å². The minimum absolute atomic E-state index is 0.223. The molecule has 8 nitrogen and oxygen atoms in total. The molecule has 4 rings (SSSR count). The van der Waals surface area contributed by atoms with Gasteiger partial charge in [-0.1, -0.05) is 0 Å². The molecule has 30 heavy (non-hydrogen) atoms. The average Bonchev–Trinajstić information content (AvgIpc) is 2.84. The van der Waals surface area contributed by atoms with Crippen molar-refractivity contribution < 1.29 is 14.3 Å². The fourth-order valence-electron chi connectivity index (χ4n) is 5.05. The van der Waals surface area contributed by atoms with Crippen LogP contribution in [-0.2, 0) is 0 Å². The van der Waals surface area contributed by atoms with E-state index in [4.69, 9.17) is 4.42 Å². The van der Waals surface area contributed by atoms with E-state index in [1.54, 1.807) is 39.8 Å². The zero-order chi connectivity index (χ0) is 21.8. The van der Waals surface area contributed by atoms with Crippen molar-refractivity contribution in [3.8, 4) is 0 Å². The van der Waals surface area contributed by atoms with Crippen molar-refractivity contribution in [2.24, 2.45) is 0 Å². The highest BCUT2D eigenvalue weighted by Crippen LogP contribution is 2.35. The number of nitrogens with one attached hydrogen (secondary N) is 1. The minimum atomic E-state index is -1.32. The molecule has 2 atom stereocenters. The van der Waals surface area contributed by atoms with E-state index in [2.05, 4.69) is 22.2 Å². The van der Waals surface area contributed by atoms with Crippen LogP contribution < -0.4 is 20.9 Å². The van der Waals surface area contributed by atoms with Crippen LogP contribution in [0.2, 0.25) is 0 Å². The van der Waals surface area contributed by atoms with E-state index in [9.17, 15) is 14.7 Å². The van der Waals surface area contributed by atoms with E-state index in [-0.39, 0.29) is 17.4 Å². The van der Waals surface area contributed by atoms with Gasteiger partial charge in [-0.25, -0.2) is 4.79 Å². The van der Waals surface area contributed by atoms with E-state index in [1.807, 2.05) is 0 Å². The second-order valence-corrected chi connectivity index (χ2v) is 9.55. The number of fused-ring (bicyclic) bond motifs is 3. The second-order valence-electron chi connectivity index (χ2n) is 9.55. The molecule has 2 unspecified atom stereocenters. The Kier molecular flexibility index (Phi) is 5.00. The molecular formula is C22H29N4O4-. The predicted octanol–water partition coefficient (Wildman–Crippen LogP) is 2.48. The summed E-state index contributed by atoms with van der Waals surface area (Å²) in [5.74, 6) is 0. The van der Waals surface area contributed by atoms with Crippen molar-refractivity contribution in [3.05, 3.63) is 28.1 Å². The molecule has 8 heteroatoms. The minimum Gasteiger partial charge on any atom is -0.530 e. The number of benzene rings is 1. The highest BCUT2D eigenvalue weighted by atomic mass is 16.4. The van der Waals surface area contributed by atoms with E-state index < -0.39 is 17.3 Å². The Bertz CT molecular complexity index is 1030. The molecular weight excluding hydrogens is 384 g/mol. The summed E-state index contributed by atoms with van der Waals surface area (Å²) < 4.78 is 5.50. The first-order valence-electron chi connectivity index (χ1n) is 10.5. The van der Waals surface area contributed by atoms with Crippen LogP contribution in [-0.4, -0.2) is 46.7 Å². The number of hydrogen-bond donors (Lipinski definition) is 1. The molecule has 2 saturated heterocycles. The largest absolute Gasteiger partial charge is 0.530 e. The van der Waals surface area contributed by atoms with Crippen LogP contribution >= 0.6 is 0 Å². The molecule has 1 aromatic heterocycles. The van der Waals surface area contributed by atoms with Crippen molar-refractivity contribution in [2.75, 3.05) is 17.3 Å². The summed E-state index contributed by atoms with van der Waals surface area (Å²) in [6.07, 6.45) is 3.09. The fraction of sp³-hybridized carbons (Fsp3) is 0.591. The Hall–Kier alpha value is -2.61. The maximum atomic E-state index is 12.8. The van der Waals surface area contributed by atoms with Crippen LogP contribution in [0.3, 0.4) is 0 Å². The standard InChI is InChI=1S/C22H30N4O4/c1-12-17(26(21(28)29)22(2,3)4)9-8-16-18(12)19(27)30-20(24-16)23-13-10-14-6-7-15(11-13)25(14)5/h8-9,13-15H,6-7,10-11H2,1-5H3,(H,23,24)(H,28,29)/p-1. The van der Waals surface area contributed by atoms with Crippen molar-refractivity contribution in [2.45, 2.75) is 77.0 Å². The van der Waals surface area contributed by atoms with Gasteiger partial charge in [-0.15, -0.1) is 0 Å². The quantitative estimate of drug-likeness (QED) is 0.825. The predicted molar refractivity (Wildman–Crippen MR) is 114 cm³/mol. The number of rotatable bonds is 3.